The number of hydrogen-bond acceptors (Lipinski definition) is 1. The van der Waals surface area contributed by atoms with Crippen LogP contribution in [0.2, 0.25) is 0 Å². The standard InChI is InChI=1S/C19H28O/c1-7-19(5,6)17-14-10-8-9-11-16(14)20-13-12-15(17)18(2,3)4/h8-11H,7,12-13H2,1-6H3. The predicted molar refractivity (Wildman–Crippen MR) is 87.0 cm³/mol. The molecule has 0 aromatic heterocycles. The Bertz CT molecular complexity index is 515. The average Bonchev–Trinajstić information content (AvgIpc) is 2.57. The van der Waals surface area contributed by atoms with Gasteiger partial charge in [-0.2, -0.15) is 0 Å². The van der Waals surface area contributed by atoms with Crippen molar-refractivity contribution >= 4 is 5.57 Å². The van der Waals surface area contributed by atoms with E-state index >= 15 is 0 Å². The molecule has 1 heterocycles. The lowest BCUT2D eigenvalue weighted by Gasteiger charge is -2.34. The van der Waals surface area contributed by atoms with Crippen molar-refractivity contribution < 1.29 is 4.74 Å². The first kappa shape index (κ1) is 15.2. The molecule has 0 saturated heterocycles. The van der Waals surface area contributed by atoms with Crippen LogP contribution < -0.4 is 4.74 Å². The molecule has 1 aromatic carbocycles. The fraction of sp³-hybridized carbons (Fsp3) is 0.579. The molecule has 1 heteroatoms. The molecule has 0 spiro atoms. The summed E-state index contributed by atoms with van der Waals surface area (Å²) >= 11 is 0. The normalized spacial score (nSPS) is 16.5. The summed E-state index contributed by atoms with van der Waals surface area (Å²) in [7, 11) is 0. The third-order valence-electron chi connectivity index (χ3n) is 4.53. The van der Waals surface area contributed by atoms with Gasteiger partial charge < -0.3 is 4.74 Å². The van der Waals surface area contributed by atoms with Gasteiger partial charge in [0.1, 0.15) is 5.75 Å². The molecule has 2 rings (SSSR count). The van der Waals surface area contributed by atoms with Crippen LogP contribution in [0.25, 0.3) is 5.57 Å². The summed E-state index contributed by atoms with van der Waals surface area (Å²) in [5.41, 5.74) is 4.70. The molecule has 1 aliphatic rings. The Morgan fingerprint density at radius 1 is 1.05 bits per heavy atom. The number of fused-ring (bicyclic) bond motifs is 1. The molecular formula is C19H28O. The molecule has 1 aromatic rings. The molecule has 0 fully saturated rings. The van der Waals surface area contributed by atoms with Gasteiger partial charge in [0.2, 0.25) is 0 Å². The summed E-state index contributed by atoms with van der Waals surface area (Å²) < 4.78 is 6.00. The van der Waals surface area contributed by atoms with Gasteiger partial charge in [0, 0.05) is 12.0 Å². The minimum absolute atomic E-state index is 0.173. The molecule has 0 unspecified atom stereocenters. The van der Waals surface area contributed by atoms with Crippen LogP contribution in [0.15, 0.2) is 29.8 Å². The van der Waals surface area contributed by atoms with Crippen molar-refractivity contribution in [1.82, 2.24) is 0 Å². The van der Waals surface area contributed by atoms with Crippen LogP contribution in [-0.4, -0.2) is 6.61 Å². The van der Waals surface area contributed by atoms with Gasteiger partial charge in [-0.05, 0) is 28.9 Å². The van der Waals surface area contributed by atoms with Gasteiger partial charge in [0.05, 0.1) is 6.61 Å². The molecular weight excluding hydrogens is 244 g/mol. The van der Waals surface area contributed by atoms with Gasteiger partial charge in [-0.25, -0.2) is 0 Å². The molecule has 0 bridgehead atoms. The van der Waals surface area contributed by atoms with Gasteiger partial charge in [-0.1, -0.05) is 65.3 Å². The quantitative estimate of drug-likeness (QED) is 0.670. The maximum Gasteiger partial charge on any atom is 0.126 e. The van der Waals surface area contributed by atoms with E-state index in [-0.39, 0.29) is 10.8 Å². The highest BCUT2D eigenvalue weighted by molar-refractivity contribution is 5.77. The molecule has 20 heavy (non-hydrogen) atoms. The van der Waals surface area contributed by atoms with Crippen LogP contribution in [0.5, 0.6) is 5.75 Å². The number of ether oxygens (including phenoxy) is 1. The Hall–Kier alpha value is -1.24. The number of allylic oxidation sites excluding steroid dienone is 1. The zero-order valence-electron chi connectivity index (χ0n) is 13.8. The van der Waals surface area contributed by atoms with Crippen LogP contribution in [0, 0.1) is 10.8 Å². The SMILES string of the molecule is CCC(C)(C)C1=C(C(C)(C)C)CCOc2ccccc21. The van der Waals surface area contributed by atoms with E-state index in [9.17, 15) is 0 Å². The fourth-order valence-corrected chi connectivity index (χ4v) is 3.05. The van der Waals surface area contributed by atoms with Gasteiger partial charge in [0.25, 0.3) is 0 Å². The monoisotopic (exact) mass is 272 g/mol. The minimum atomic E-state index is 0.173. The highest BCUT2D eigenvalue weighted by Crippen LogP contribution is 2.49. The van der Waals surface area contributed by atoms with Gasteiger partial charge >= 0.3 is 0 Å². The topological polar surface area (TPSA) is 9.23 Å². The molecule has 1 nitrogen and oxygen atoms in total. The molecule has 0 atom stereocenters. The first-order valence-corrected chi connectivity index (χ1v) is 7.73. The zero-order chi connectivity index (χ0) is 15.0. The number of benzene rings is 1. The molecule has 0 radical (unpaired) electrons. The van der Waals surface area contributed by atoms with Gasteiger partial charge in [-0.15, -0.1) is 0 Å². The van der Waals surface area contributed by atoms with Crippen molar-refractivity contribution in [2.24, 2.45) is 10.8 Å². The third kappa shape index (κ3) is 2.77. The Kier molecular flexibility index (Phi) is 4.00. The second kappa shape index (κ2) is 5.27. The van der Waals surface area contributed by atoms with E-state index < -0.39 is 0 Å². The number of para-hydroxylation sites is 1. The van der Waals surface area contributed by atoms with Crippen LogP contribution in [0.1, 0.15) is 59.9 Å². The van der Waals surface area contributed by atoms with E-state index in [1.54, 1.807) is 5.57 Å². The lowest BCUT2D eigenvalue weighted by molar-refractivity contribution is 0.313. The Morgan fingerprint density at radius 2 is 1.70 bits per heavy atom. The summed E-state index contributed by atoms with van der Waals surface area (Å²) in [6.07, 6.45) is 2.16. The summed E-state index contributed by atoms with van der Waals surface area (Å²) in [5, 5.41) is 0. The van der Waals surface area contributed by atoms with Gasteiger partial charge in [-0.3, -0.25) is 0 Å². The van der Waals surface area contributed by atoms with Crippen LogP contribution in [0.3, 0.4) is 0 Å². The second-order valence-corrected chi connectivity index (χ2v) is 7.44. The molecule has 110 valence electrons. The van der Waals surface area contributed by atoms with E-state index in [1.165, 1.54) is 11.1 Å². The van der Waals surface area contributed by atoms with E-state index in [1.807, 2.05) is 0 Å². The maximum absolute atomic E-state index is 6.00. The van der Waals surface area contributed by atoms with E-state index in [0.29, 0.717) is 0 Å². The van der Waals surface area contributed by atoms with Crippen LogP contribution in [-0.2, 0) is 0 Å². The molecule has 0 saturated carbocycles. The molecule has 0 N–H and O–H groups in total. The van der Waals surface area contributed by atoms with Crippen molar-refractivity contribution in [3.05, 3.63) is 35.4 Å². The van der Waals surface area contributed by atoms with Crippen LogP contribution in [0.4, 0.5) is 0 Å². The number of rotatable bonds is 2. The summed E-state index contributed by atoms with van der Waals surface area (Å²) in [6.45, 7) is 14.7. The molecule has 0 aliphatic carbocycles. The van der Waals surface area contributed by atoms with Crippen molar-refractivity contribution in [2.45, 2.75) is 54.4 Å². The second-order valence-electron chi connectivity index (χ2n) is 7.44. The highest BCUT2D eigenvalue weighted by atomic mass is 16.5. The molecule has 0 amide bonds. The van der Waals surface area contributed by atoms with Crippen LogP contribution >= 0.6 is 0 Å². The Balaban J connectivity index is 2.75. The van der Waals surface area contributed by atoms with Crippen molar-refractivity contribution in [3.63, 3.8) is 0 Å². The minimum Gasteiger partial charge on any atom is -0.493 e. The first-order valence-electron chi connectivity index (χ1n) is 7.73. The Labute approximate surface area is 124 Å². The molecule has 1 aliphatic heterocycles. The summed E-state index contributed by atoms with van der Waals surface area (Å²) in [6, 6.07) is 8.52. The third-order valence-corrected chi connectivity index (χ3v) is 4.53. The summed E-state index contributed by atoms with van der Waals surface area (Å²) in [4.78, 5) is 0. The number of hydrogen-bond donors (Lipinski definition) is 0. The smallest absolute Gasteiger partial charge is 0.126 e. The highest BCUT2D eigenvalue weighted by Gasteiger charge is 2.33. The lowest BCUT2D eigenvalue weighted by Crippen LogP contribution is -2.20. The summed E-state index contributed by atoms with van der Waals surface area (Å²) in [5.74, 6) is 1.04. The van der Waals surface area contributed by atoms with Crippen molar-refractivity contribution in [2.75, 3.05) is 6.61 Å². The van der Waals surface area contributed by atoms with E-state index in [4.69, 9.17) is 4.74 Å². The van der Waals surface area contributed by atoms with E-state index in [2.05, 4.69) is 65.8 Å². The average molecular weight is 272 g/mol. The lowest BCUT2D eigenvalue weighted by atomic mass is 9.70. The maximum atomic E-state index is 6.00. The van der Waals surface area contributed by atoms with Crippen molar-refractivity contribution in [1.29, 1.82) is 0 Å². The largest absolute Gasteiger partial charge is 0.493 e. The van der Waals surface area contributed by atoms with E-state index in [0.717, 1.165) is 25.2 Å². The first-order chi connectivity index (χ1) is 9.27. The Morgan fingerprint density at radius 3 is 2.30 bits per heavy atom. The van der Waals surface area contributed by atoms with Gasteiger partial charge in [0.15, 0.2) is 0 Å². The fourth-order valence-electron chi connectivity index (χ4n) is 3.05. The van der Waals surface area contributed by atoms with Crippen molar-refractivity contribution in [3.8, 4) is 5.75 Å². The predicted octanol–water partition coefficient (Wildman–Crippen LogP) is 5.71. The zero-order valence-corrected chi connectivity index (χ0v) is 13.8.